The molecule has 1 atom stereocenters. The molecule has 4 nitrogen and oxygen atoms in total. The van der Waals surface area contributed by atoms with Gasteiger partial charge in [-0.1, -0.05) is 12.1 Å². The maximum atomic E-state index is 11.3. The fourth-order valence-electron chi connectivity index (χ4n) is 1.47. The van der Waals surface area contributed by atoms with Crippen molar-refractivity contribution >= 4 is 38.9 Å². The average Bonchev–Trinajstić information content (AvgIpc) is 2.74. The van der Waals surface area contributed by atoms with Crippen molar-refractivity contribution in [2.24, 2.45) is 0 Å². The summed E-state index contributed by atoms with van der Waals surface area (Å²) in [4.78, 5) is 15.5. The van der Waals surface area contributed by atoms with Crippen molar-refractivity contribution in [2.75, 3.05) is 5.32 Å². The van der Waals surface area contributed by atoms with Gasteiger partial charge in [0.25, 0.3) is 0 Å². The summed E-state index contributed by atoms with van der Waals surface area (Å²) >= 11 is 4.72. The lowest BCUT2D eigenvalue weighted by Gasteiger charge is -2.14. The van der Waals surface area contributed by atoms with Crippen LogP contribution in [-0.2, 0) is 4.79 Å². The van der Waals surface area contributed by atoms with Crippen molar-refractivity contribution in [1.82, 2.24) is 4.98 Å². The van der Waals surface area contributed by atoms with Crippen LogP contribution in [0.25, 0.3) is 0 Å². The molecule has 2 N–H and O–H groups in total. The highest BCUT2D eigenvalue weighted by atomic mass is 79.9. The molecule has 0 aliphatic carbocycles. The molecule has 6 heteroatoms. The molecule has 1 aromatic heterocycles. The topological polar surface area (TPSA) is 62.2 Å². The van der Waals surface area contributed by atoms with Gasteiger partial charge in [0, 0.05) is 21.2 Å². The number of hydrogen-bond acceptors (Lipinski definition) is 4. The first kappa shape index (κ1) is 13.0. The second kappa shape index (κ2) is 5.49. The van der Waals surface area contributed by atoms with E-state index in [1.165, 1.54) is 11.3 Å². The van der Waals surface area contributed by atoms with Crippen LogP contribution >= 0.6 is 27.3 Å². The third-order valence-electron chi connectivity index (χ3n) is 2.30. The van der Waals surface area contributed by atoms with E-state index in [4.69, 9.17) is 0 Å². The zero-order valence-corrected chi connectivity index (χ0v) is 12.0. The smallest absolute Gasteiger partial charge is 0.333 e. The predicted octanol–water partition coefficient (Wildman–Crippen LogP) is 3.45. The number of halogens is 1. The number of hydrogen-bond donors (Lipinski definition) is 2. The Morgan fingerprint density at radius 2 is 2.22 bits per heavy atom. The Kier molecular flexibility index (Phi) is 3.98. The van der Waals surface area contributed by atoms with Gasteiger partial charge in [0.05, 0.1) is 0 Å². The number of thiazole rings is 1. The van der Waals surface area contributed by atoms with Gasteiger partial charge < -0.3 is 10.4 Å². The quantitative estimate of drug-likeness (QED) is 0.903. The van der Waals surface area contributed by atoms with Gasteiger partial charge in [-0.2, -0.15) is 0 Å². The van der Waals surface area contributed by atoms with Crippen LogP contribution in [0, 0.1) is 6.92 Å². The molecule has 18 heavy (non-hydrogen) atoms. The highest BCUT2D eigenvalue weighted by Crippen LogP contribution is 2.27. The Labute approximate surface area is 117 Å². The molecular weight excluding hydrogens is 316 g/mol. The minimum absolute atomic E-state index is 0.552. The third kappa shape index (κ3) is 2.88. The molecule has 2 aromatic rings. The van der Waals surface area contributed by atoms with Crippen molar-refractivity contribution in [3.8, 4) is 0 Å². The highest BCUT2D eigenvalue weighted by Gasteiger charge is 2.23. The molecule has 94 valence electrons. The second-order valence-electron chi connectivity index (χ2n) is 3.72. The van der Waals surface area contributed by atoms with E-state index >= 15 is 0 Å². The van der Waals surface area contributed by atoms with Gasteiger partial charge in [0.1, 0.15) is 5.01 Å². The van der Waals surface area contributed by atoms with Crippen LogP contribution in [0.1, 0.15) is 16.7 Å². The molecule has 1 aromatic carbocycles. The van der Waals surface area contributed by atoms with Crippen molar-refractivity contribution in [1.29, 1.82) is 0 Å². The number of nitrogens with zero attached hydrogens (tertiary/aromatic N) is 1. The molecule has 0 saturated carbocycles. The summed E-state index contributed by atoms with van der Waals surface area (Å²) in [5, 5.41) is 14.6. The molecule has 0 radical (unpaired) electrons. The Balaban J connectivity index is 2.28. The summed E-state index contributed by atoms with van der Waals surface area (Å²) in [5.41, 5.74) is 1.56. The summed E-state index contributed by atoms with van der Waals surface area (Å²) in [7, 11) is 0. The van der Waals surface area contributed by atoms with Crippen molar-refractivity contribution in [3.05, 3.63) is 44.8 Å². The van der Waals surface area contributed by atoms with Crippen LogP contribution in [0.2, 0.25) is 0 Å². The van der Waals surface area contributed by atoms with Crippen LogP contribution in [0.15, 0.2) is 34.1 Å². The van der Waals surface area contributed by atoms with Crippen LogP contribution in [0.5, 0.6) is 0 Å². The van der Waals surface area contributed by atoms with Crippen molar-refractivity contribution in [3.63, 3.8) is 0 Å². The van der Waals surface area contributed by atoms with E-state index < -0.39 is 12.0 Å². The number of aryl methyl sites for hydroxylation is 1. The minimum atomic E-state index is -0.944. The van der Waals surface area contributed by atoms with Gasteiger partial charge in [0.15, 0.2) is 6.04 Å². The van der Waals surface area contributed by atoms with Gasteiger partial charge in [-0.3, -0.25) is 0 Å². The first-order chi connectivity index (χ1) is 8.58. The molecule has 0 spiro atoms. The number of aromatic nitrogens is 1. The molecule has 0 aliphatic heterocycles. The number of nitrogens with one attached hydrogen (secondary N) is 1. The molecule has 1 heterocycles. The average molecular weight is 327 g/mol. The first-order valence-electron chi connectivity index (χ1n) is 5.24. The zero-order chi connectivity index (χ0) is 13.1. The third-order valence-corrected chi connectivity index (χ3v) is 4.02. The number of rotatable bonds is 4. The Morgan fingerprint density at radius 1 is 1.50 bits per heavy atom. The summed E-state index contributed by atoms with van der Waals surface area (Å²) < 4.78 is 0.824. The van der Waals surface area contributed by atoms with E-state index in [2.05, 4.69) is 26.2 Å². The standard InChI is InChI=1S/C12H11BrN2O2S/c1-7-6-18-11(14-7)10(12(16)17)15-9-5-3-2-4-8(9)13/h2-6,10,15H,1H3,(H,16,17). The van der Waals surface area contributed by atoms with Crippen molar-refractivity contribution in [2.45, 2.75) is 13.0 Å². The maximum Gasteiger partial charge on any atom is 0.333 e. The number of aliphatic carboxylic acids is 1. The fourth-order valence-corrected chi connectivity index (χ4v) is 2.70. The number of anilines is 1. The van der Waals surface area contributed by atoms with E-state index in [9.17, 15) is 9.90 Å². The minimum Gasteiger partial charge on any atom is -0.479 e. The molecule has 1 unspecified atom stereocenters. The van der Waals surface area contributed by atoms with Gasteiger partial charge in [-0.05, 0) is 35.0 Å². The van der Waals surface area contributed by atoms with Crippen LogP contribution in [0.3, 0.4) is 0 Å². The molecule has 0 saturated heterocycles. The lowest BCUT2D eigenvalue weighted by atomic mass is 10.2. The molecule has 2 rings (SSSR count). The van der Waals surface area contributed by atoms with Crippen molar-refractivity contribution < 1.29 is 9.90 Å². The largest absolute Gasteiger partial charge is 0.479 e. The monoisotopic (exact) mass is 326 g/mol. The number of carboxylic acid groups (broad SMARTS) is 1. The molecule has 0 aliphatic rings. The van der Waals surface area contributed by atoms with Crippen LogP contribution in [-0.4, -0.2) is 16.1 Å². The molecular formula is C12H11BrN2O2S. The molecule has 0 bridgehead atoms. The zero-order valence-electron chi connectivity index (χ0n) is 9.55. The van der Waals surface area contributed by atoms with Gasteiger partial charge >= 0.3 is 5.97 Å². The van der Waals surface area contributed by atoms with E-state index in [0.717, 1.165) is 15.9 Å². The predicted molar refractivity (Wildman–Crippen MR) is 75.0 cm³/mol. The number of benzene rings is 1. The van der Waals surface area contributed by atoms with Gasteiger partial charge in [-0.25, -0.2) is 9.78 Å². The summed E-state index contributed by atoms with van der Waals surface area (Å²) in [6.45, 7) is 1.84. The Morgan fingerprint density at radius 3 is 2.78 bits per heavy atom. The molecule has 0 amide bonds. The second-order valence-corrected chi connectivity index (χ2v) is 5.47. The summed E-state index contributed by atoms with van der Waals surface area (Å²) in [5.74, 6) is -0.944. The summed E-state index contributed by atoms with van der Waals surface area (Å²) in [6.07, 6.45) is 0. The highest BCUT2D eigenvalue weighted by molar-refractivity contribution is 9.10. The Hall–Kier alpha value is -1.40. The van der Waals surface area contributed by atoms with E-state index in [1.54, 1.807) is 0 Å². The number of carboxylic acids is 1. The summed E-state index contributed by atoms with van der Waals surface area (Å²) in [6, 6.07) is 6.56. The number of para-hydroxylation sites is 1. The fraction of sp³-hybridized carbons (Fsp3) is 0.167. The first-order valence-corrected chi connectivity index (χ1v) is 6.91. The van der Waals surface area contributed by atoms with E-state index in [1.807, 2.05) is 36.6 Å². The van der Waals surface area contributed by atoms with E-state index in [0.29, 0.717) is 5.01 Å². The lowest BCUT2D eigenvalue weighted by Crippen LogP contribution is -2.20. The van der Waals surface area contributed by atoms with E-state index in [-0.39, 0.29) is 0 Å². The van der Waals surface area contributed by atoms with Crippen LogP contribution < -0.4 is 5.32 Å². The van der Waals surface area contributed by atoms with Crippen LogP contribution in [0.4, 0.5) is 5.69 Å². The normalized spacial score (nSPS) is 12.1. The molecule has 0 fully saturated rings. The Bertz CT molecular complexity index is 571. The lowest BCUT2D eigenvalue weighted by molar-refractivity contribution is -0.138. The SMILES string of the molecule is Cc1csc(C(Nc2ccccc2Br)C(=O)O)n1. The maximum absolute atomic E-state index is 11.3. The van der Waals surface area contributed by atoms with Gasteiger partial charge in [-0.15, -0.1) is 11.3 Å². The number of carbonyl (C=O) groups is 1. The van der Waals surface area contributed by atoms with Gasteiger partial charge in [0.2, 0.25) is 0 Å².